The standard InChI is InChI=1S/C16H24N2O2/c1-11-14(7-4-8-15(11)19)16(20)18-10-13-6-3-2-5-12(13)9-17/h4,7-8,12-13,19H,2-3,5-6,9-10,17H2,1H3,(H,18,20). The summed E-state index contributed by atoms with van der Waals surface area (Å²) >= 11 is 0. The van der Waals surface area contributed by atoms with Crippen molar-refractivity contribution in [2.75, 3.05) is 13.1 Å². The van der Waals surface area contributed by atoms with E-state index in [1.54, 1.807) is 25.1 Å². The highest BCUT2D eigenvalue weighted by atomic mass is 16.3. The summed E-state index contributed by atoms with van der Waals surface area (Å²) in [6.07, 6.45) is 4.78. The highest BCUT2D eigenvalue weighted by Crippen LogP contribution is 2.28. The second-order valence-electron chi connectivity index (χ2n) is 5.70. The number of phenols is 1. The number of amides is 1. The minimum Gasteiger partial charge on any atom is -0.508 e. The van der Waals surface area contributed by atoms with Crippen LogP contribution in [0, 0.1) is 18.8 Å². The van der Waals surface area contributed by atoms with E-state index >= 15 is 0 Å². The number of aromatic hydroxyl groups is 1. The summed E-state index contributed by atoms with van der Waals surface area (Å²) in [5.74, 6) is 1.06. The Hall–Kier alpha value is -1.55. The molecule has 20 heavy (non-hydrogen) atoms. The quantitative estimate of drug-likeness (QED) is 0.789. The molecule has 1 aromatic carbocycles. The van der Waals surface area contributed by atoms with Gasteiger partial charge in [-0.25, -0.2) is 0 Å². The number of hydrogen-bond donors (Lipinski definition) is 3. The van der Waals surface area contributed by atoms with Crippen LogP contribution in [0.25, 0.3) is 0 Å². The minimum absolute atomic E-state index is 0.111. The van der Waals surface area contributed by atoms with E-state index in [9.17, 15) is 9.90 Å². The van der Waals surface area contributed by atoms with Gasteiger partial charge < -0.3 is 16.2 Å². The first kappa shape index (κ1) is 14.9. The molecule has 2 rings (SSSR count). The molecule has 1 aromatic rings. The molecular weight excluding hydrogens is 252 g/mol. The van der Waals surface area contributed by atoms with Crippen molar-refractivity contribution in [2.45, 2.75) is 32.6 Å². The highest BCUT2D eigenvalue weighted by Gasteiger charge is 2.24. The van der Waals surface area contributed by atoms with Gasteiger partial charge >= 0.3 is 0 Å². The maximum absolute atomic E-state index is 12.2. The number of nitrogens with one attached hydrogen (secondary N) is 1. The van der Waals surface area contributed by atoms with Crippen LogP contribution in [-0.4, -0.2) is 24.1 Å². The molecule has 2 atom stereocenters. The molecule has 4 heteroatoms. The molecule has 1 saturated carbocycles. The predicted molar refractivity (Wildman–Crippen MR) is 79.7 cm³/mol. The third-order valence-corrected chi connectivity index (χ3v) is 4.44. The molecule has 4 N–H and O–H groups in total. The number of hydrogen-bond acceptors (Lipinski definition) is 3. The summed E-state index contributed by atoms with van der Waals surface area (Å²) in [6, 6.07) is 5.03. The topological polar surface area (TPSA) is 75.3 Å². The lowest BCUT2D eigenvalue weighted by Crippen LogP contribution is -2.37. The zero-order valence-corrected chi connectivity index (χ0v) is 12.1. The van der Waals surface area contributed by atoms with Crippen molar-refractivity contribution in [3.05, 3.63) is 29.3 Å². The zero-order valence-electron chi connectivity index (χ0n) is 12.1. The van der Waals surface area contributed by atoms with E-state index in [1.165, 1.54) is 19.3 Å². The van der Waals surface area contributed by atoms with Crippen LogP contribution < -0.4 is 11.1 Å². The van der Waals surface area contributed by atoms with Crippen LogP contribution in [0.3, 0.4) is 0 Å². The Morgan fingerprint density at radius 3 is 2.75 bits per heavy atom. The van der Waals surface area contributed by atoms with Crippen molar-refractivity contribution in [1.29, 1.82) is 0 Å². The lowest BCUT2D eigenvalue weighted by Gasteiger charge is -2.30. The molecule has 2 unspecified atom stereocenters. The van der Waals surface area contributed by atoms with E-state index in [0.717, 1.165) is 6.42 Å². The number of benzene rings is 1. The van der Waals surface area contributed by atoms with Crippen LogP contribution in [0.5, 0.6) is 5.75 Å². The summed E-state index contributed by atoms with van der Waals surface area (Å²) in [4.78, 5) is 12.2. The van der Waals surface area contributed by atoms with Crippen molar-refractivity contribution in [3.63, 3.8) is 0 Å². The van der Waals surface area contributed by atoms with Gasteiger partial charge in [-0.1, -0.05) is 18.9 Å². The maximum atomic E-state index is 12.2. The van der Waals surface area contributed by atoms with Gasteiger partial charge in [0.2, 0.25) is 0 Å². The Bertz CT molecular complexity index is 474. The molecule has 0 radical (unpaired) electrons. The van der Waals surface area contributed by atoms with Gasteiger partial charge in [0.15, 0.2) is 0 Å². The zero-order chi connectivity index (χ0) is 14.5. The first-order valence-electron chi connectivity index (χ1n) is 7.40. The SMILES string of the molecule is Cc1c(O)cccc1C(=O)NCC1CCCCC1CN. The van der Waals surface area contributed by atoms with Crippen molar-refractivity contribution < 1.29 is 9.90 Å². The molecular formula is C16H24N2O2. The summed E-state index contributed by atoms with van der Waals surface area (Å²) in [6.45, 7) is 3.13. The van der Waals surface area contributed by atoms with Crippen molar-refractivity contribution in [2.24, 2.45) is 17.6 Å². The fraction of sp³-hybridized carbons (Fsp3) is 0.562. The molecule has 110 valence electrons. The van der Waals surface area contributed by atoms with Crippen LogP contribution in [0.4, 0.5) is 0 Å². The Balaban J connectivity index is 1.96. The van der Waals surface area contributed by atoms with Gasteiger partial charge in [0.1, 0.15) is 5.75 Å². The highest BCUT2D eigenvalue weighted by molar-refractivity contribution is 5.96. The normalized spacial score (nSPS) is 22.5. The van der Waals surface area contributed by atoms with Gasteiger partial charge in [-0.05, 0) is 50.3 Å². The third-order valence-electron chi connectivity index (χ3n) is 4.44. The van der Waals surface area contributed by atoms with Crippen molar-refractivity contribution in [3.8, 4) is 5.75 Å². The molecule has 0 heterocycles. The Morgan fingerprint density at radius 2 is 2.05 bits per heavy atom. The van der Waals surface area contributed by atoms with Crippen LogP contribution in [0.15, 0.2) is 18.2 Å². The number of phenolic OH excluding ortho intramolecular Hbond substituents is 1. The van der Waals surface area contributed by atoms with Crippen molar-refractivity contribution >= 4 is 5.91 Å². The van der Waals surface area contributed by atoms with Gasteiger partial charge in [-0.3, -0.25) is 4.79 Å². The molecule has 1 amide bonds. The van der Waals surface area contributed by atoms with E-state index in [-0.39, 0.29) is 11.7 Å². The van der Waals surface area contributed by atoms with Gasteiger partial charge in [0, 0.05) is 17.7 Å². The van der Waals surface area contributed by atoms with Gasteiger partial charge in [0.05, 0.1) is 0 Å². The molecule has 1 aliphatic rings. The summed E-state index contributed by atoms with van der Waals surface area (Å²) < 4.78 is 0. The molecule has 1 aliphatic carbocycles. The largest absolute Gasteiger partial charge is 0.508 e. The number of rotatable bonds is 4. The molecule has 4 nitrogen and oxygen atoms in total. The molecule has 1 fully saturated rings. The summed E-state index contributed by atoms with van der Waals surface area (Å²) in [5.41, 5.74) is 6.98. The first-order valence-corrected chi connectivity index (χ1v) is 7.40. The lowest BCUT2D eigenvalue weighted by molar-refractivity contribution is 0.0934. The summed E-state index contributed by atoms with van der Waals surface area (Å²) in [7, 11) is 0. The van der Waals surface area contributed by atoms with Crippen LogP contribution in [0.1, 0.15) is 41.6 Å². The molecule has 0 aliphatic heterocycles. The van der Waals surface area contributed by atoms with Crippen LogP contribution >= 0.6 is 0 Å². The molecule has 0 aromatic heterocycles. The first-order chi connectivity index (χ1) is 9.63. The predicted octanol–water partition coefficient (Wildman–Crippen LogP) is 2.20. The van der Waals surface area contributed by atoms with E-state index in [0.29, 0.717) is 36.1 Å². The Kier molecular flexibility index (Phi) is 5.01. The van der Waals surface area contributed by atoms with E-state index in [1.807, 2.05) is 0 Å². The third kappa shape index (κ3) is 3.31. The van der Waals surface area contributed by atoms with Crippen LogP contribution in [-0.2, 0) is 0 Å². The Labute approximate surface area is 120 Å². The monoisotopic (exact) mass is 276 g/mol. The van der Waals surface area contributed by atoms with E-state index < -0.39 is 0 Å². The van der Waals surface area contributed by atoms with E-state index in [2.05, 4.69) is 5.32 Å². The average molecular weight is 276 g/mol. The molecule has 0 spiro atoms. The number of carbonyl (C=O) groups excluding carboxylic acids is 1. The summed E-state index contributed by atoms with van der Waals surface area (Å²) in [5, 5.41) is 12.6. The molecule has 0 bridgehead atoms. The number of carbonyl (C=O) groups is 1. The van der Waals surface area contributed by atoms with Gasteiger partial charge in [0.25, 0.3) is 5.91 Å². The smallest absolute Gasteiger partial charge is 0.251 e. The second-order valence-corrected chi connectivity index (χ2v) is 5.70. The second kappa shape index (κ2) is 6.75. The maximum Gasteiger partial charge on any atom is 0.251 e. The Morgan fingerprint density at radius 1 is 1.35 bits per heavy atom. The van der Waals surface area contributed by atoms with Crippen molar-refractivity contribution in [1.82, 2.24) is 5.32 Å². The fourth-order valence-corrected chi connectivity index (χ4v) is 3.05. The van der Waals surface area contributed by atoms with Crippen LogP contribution in [0.2, 0.25) is 0 Å². The average Bonchev–Trinajstić information content (AvgIpc) is 2.48. The van der Waals surface area contributed by atoms with Gasteiger partial charge in [-0.15, -0.1) is 0 Å². The number of nitrogens with two attached hydrogens (primary N) is 1. The molecule has 0 saturated heterocycles. The van der Waals surface area contributed by atoms with E-state index in [4.69, 9.17) is 5.73 Å². The van der Waals surface area contributed by atoms with Gasteiger partial charge in [-0.2, -0.15) is 0 Å². The fourth-order valence-electron chi connectivity index (χ4n) is 3.05. The lowest BCUT2D eigenvalue weighted by atomic mass is 9.79. The minimum atomic E-state index is -0.111.